The lowest BCUT2D eigenvalue weighted by molar-refractivity contribution is -0.122. The fourth-order valence-corrected chi connectivity index (χ4v) is 4.39. The summed E-state index contributed by atoms with van der Waals surface area (Å²) >= 11 is 0. The minimum atomic E-state index is -0.193. The van der Waals surface area contributed by atoms with Gasteiger partial charge in [0.1, 0.15) is 5.82 Å². The molecule has 0 spiro atoms. The van der Waals surface area contributed by atoms with Crippen molar-refractivity contribution >= 4 is 41.7 Å². The van der Waals surface area contributed by atoms with E-state index in [4.69, 9.17) is 10.5 Å². The van der Waals surface area contributed by atoms with Gasteiger partial charge in [-0.2, -0.15) is 0 Å². The molecule has 9 heteroatoms. The van der Waals surface area contributed by atoms with Crippen LogP contribution in [0.15, 0.2) is 23.3 Å². The first-order valence-electron chi connectivity index (χ1n) is 11.7. The molecule has 180 valence electrons. The molecule has 1 saturated heterocycles. The Hall–Kier alpha value is -1.62. The summed E-state index contributed by atoms with van der Waals surface area (Å²) in [5.41, 5.74) is 6.58. The van der Waals surface area contributed by atoms with Gasteiger partial charge in [-0.3, -0.25) is 9.79 Å². The predicted octanol–water partition coefficient (Wildman–Crippen LogP) is 2.81. The number of carbonyl (C=O) groups is 1. The van der Waals surface area contributed by atoms with Crippen LogP contribution in [-0.4, -0.2) is 56.2 Å². The first-order valence-corrected chi connectivity index (χ1v) is 11.7. The fourth-order valence-electron chi connectivity index (χ4n) is 4.39. The van der Waals surface area contributed by atoms with E-state index in [0.29, 0.717) is 12.6 Å². The molecule has 2 fully saturated rings. The van der Waals surface area contributed by atoms with E-state index in [1.54, 1.807) is 7.05 Å². The molecule has 3 rings (SSSR count). The quantitative estimate of drug-likeness (QED) is 0.186. The van der Waals surface area contributed by atoms with Crippen LogP contribution < -0.4 is 21.3 Å². The molecule has 4 N–H and O–H groups in total. The van der Waals surface area contributed by atoms with Crippen LogP contribution in [0.4, 0.5) is 5.82 Å². The minimum Gasteiger partial charge on any atom is -0.378 e. The summed E-state index contributed by atoms with van der Waals surface area (Å²) in [6, 6.07) is 4.04. The van der Waals surface area contributed by atoms with Crippen molar-refractivity contribution in [2.75, 3.05) is 38.2 Å². The number of nitrogens with one attached hydrogen (secondary N) is 2. The normalized spacial score (nSPS) is 18.2. The van der Waals surface area contributed by atoms with Crippen LogP contribution in [0.2, 0.25) is 0 Å². The molecule has 32 heavy (non-hydrogen) atoms. The first kappa shape index (κ1) is 26.6. The van der Waals surface area contributed by atoms with Crippen LogP contribution in [0.25, 0.3) is 0 Å². The number of amides is 1. The van der Waals surface area contributed by atoms with E-state index < -0.39 is 0 Å². The highest BCUT2D eigenvalue weighted by Gasteiger charge is 2.25. The molecule has 0 radical (unpaired) electrons. The second-order valence-electron chi connectivity index (χ2n) is 8.49. The van der Waals surface area contributed by atoms with E-state index in [-0.39, 0.29) is 35.8 Å². The number of nitrogens with two attached hydrogens (primary N) is 1. The third-order valence-corrected chi connectivity index (χ3v) is 6.25. The van der Waals surface area contributed by atoms with Gasteiger partial charge >= 0.3 is 0 Å². The van der Waals surface area contributed by atoms with Gasteiger partial charge in [0.25, 0.3) is 0 Å². The number of carbonyl (C=O) groups excluding carboxylic acids is 1. The molecular formula is C23H39IN6O2. The summed E-state index contributed by atoms with van der Waals surface area (Å²) < 4.78 is 5.99. The van der Waals surface area contributed by atoms with Crippen LogP contribution in [0, 0.1) is 5.92 Å². The van der Waals surface area contributed by atoms with Gasteiger partial charge in [-0.15, -0.1) is 24.0 Å². The van der Waals surface area contributed by atoms with Crippen molar-refractivity contribution in [3.05, 3.63) is 23.9 Å². The largest absolute Gasteiger partial charge is 0.378 e. The highest BCUT2D eigenvalue weighted by atomic mass is 127. The van der Waals surface area contributed by atoms with Gasteiger partial charge in [0.15, 0.2) is 5.96 Å². The van der Waals surface area contributed by atoms with Gasteiger partial charge < -0.3 is 26.0 Å². The Kier molecular flexibility index (Phi) is 12.1. The Balaban J connectivity index is 0.00000363. The maximum atomic E-state index is 11.4. The van der Waals surface area contributed by atoms with Gasteiger partial charge in [0.05, 0.1) is 6.10 Å². The van der Waals surface area contributed by atoms with Crippen molar-refractivity contribution in [1.29, 1.82) is 0 Å². The molecule has 1 saturated carbocycles. The number of anilines is 1. The lowest BCUT2D eigenvalue weighted by Gasteiger charge is -2.32. The van der Waals surface area contributed by atoms with Crippen molar-refractivity contribution in [3.63, 3.8) is 0 Å². The molecule has 2 heterocycles. The van der Waals surface area contributed by atoms with E-state index >= 15 is 0 Å². The molecule has 1 aliphatic heterocycles. The Morgan fingerprint density at radius 3 is 2.66 bits per heavy atom. The second-order valence-corrected chi connectivity index (χ2v) is 8.49. The Labute approximate surface area is 209 Å². The molecule has 2 aliphatic rings. The molecule has 0 bridgehead atoms. The maximum absolute atomic E-state index is 11.4. The summed E-state index contributed by atoms with van der Waals surface area (Å²) in [6.07, 6.45) is 11.2. The number of aliphatic imine (C=N–C) groups is 1. The highest BCUT2D eigenvalue weighted by molar-refractivity contribution is 14.0. The van der Waals surface area contributed by atoms with Crippen molar-refractivity contribution < 1.29 is 9.53 Å². The van der Waals surface area contributed by atoms with Crippen LogP contribution in [-0.2, 0) is 16.1 Å². The molecular weight excluding hydrogens is 519 g/mol. The monoisotopic (exact) mass is 558 g/mol. The zero-order valence-corrected chi connectivity index (χ0v) is 21.6. The zero-order valence-electron chi connectivity index (χ0n) is 19.2. The predicted molar refractivity (Wildman–Crippen MR) is 139 cm³/mol. The lowest BCUT2D eigenvalue weighted by atomic mass is 9.96. The number of nitrogens with zero attached hydrogens (tertiary/aromatic N) is 3. The number of piperidine rings is 1. The Morgan fingerprint density at radius 1 is 1.22 bits per heavy atom. The molecule has 8 nitrogen and oxygen atoms in total. The third kappa shape index (κ3) is 8.38. The summed E-state index contributed by atoms with van der Waals surface area (Å²) in [7, 11) is 1.78. The summed E-state index contributed by atoms with van der Waals surface area (Å²) in [4.78, 5) is 22.6. The van der Waals surface area contributed by atoms with Gasteiger partial charge in [0.2, 0.25) is 5.91 Å². The molecule has 1 aliphatic carbocycles. The molecule has 1 aromatic rings. The van der Waals surface area contributed by atoms with Crippen molar-refractivity contribution in [3.8, 4) is 0 Å². The molecule has 1 amide bonds. The van der Waals surface area contributed by atoms with Crippen molar-refractivity contribution in [2.24, 2.45) is 16.6 Å². The number of hydrogen-bond donors (Lipinski definition) is 3. The SMILES string of the molecule is CN=C(NCCCOC1CCCCC1)NCc1cccnc1N1CCC(C(N)=O)CC1.I. The van der Waals surface area contributed by atoms with Crippen molar-refractivity contribution in [1.82, 2.24) is 15.6 Å². The van der Waals surface area contributed by atoms with E-state index in [9.17, 15) is 4.79 Å². The average molecular weight is 559 g/mol. The third-order valence-electron chi connectivity index (χ3n) is 6.25. The molecule has 0 aromatic carbocycles. The van der Waals surface area contributed by atoms with Gasteiger partial charge in [0, 0.05) is 57.5 Å². The summed E-state index contributed by atoms with van der Waals surface area (Å²) in [5, 5.41) is 6.76. The standard InChI is InChI=1S/C23H38N6O2.HI/c1-25-23(27-13-6-16-31-20-8-3-2-4-9-20)28-17-19-7-5-12-26-22(19)29-14-10-18(11-15-29)21(24)30;/h5,7,12,18,20H,2-4,6,8-11,13-17H2,1H3,(H2,24,30)(H2,25,27,28);1H. The van der Waals surface area contributed by atoms with Crippen LogP contribution in [0.3, 0.4) is 0 Å². The Morgan fingerprint density at radius 2 is 1.97 bits per heavy atom. The number of hydrogen-bond acceptors (Lipinski definition) is 5. The number of aromatic nitrogens is 1. The number of halogens is 1. The average Bonchev–Trinajstić information content (AvgIpc) is 2.82. The summed E-state index contributed by atoms with van der Waals surface area (Å²) in [6.45, 7) is 3.85. The smallest absolute Gasteiger partial charge is 0.220 e. The zero-order chi connectivity index (χ0) is 21.9. The van der Waals surface area contributed by atoms with Crippen LogP contribution >= 0.6 is 24.0 Å². The number of ether oxygens (including phenoxy) is 1. The highest BCUT2D eigenvalue weighted by Crippen LogP contribution is 2.24. The van der Waals surface area contributed by atoms with Crippen LogP contribution in [0.1, 0.15) is 56.9 Å². The van der Waals surface area contributed by atoms with Gasteiger partial charge in [-0.1, -0.05) is 25.3 Å². The van der Waals surface area contributed by atoms with Gasteiger partial charge in [-0.25, -0.2) is 4.98 Å². The molecule has 0 unspecified atom stereocenters. The van der Waals surface area contributed by atoms with E-state index in [0.717, 1.165) is 62.8 Å². The maximum Gasteiger partial charge on any atom is 0.220 e. The lowest BCUT2D eigenvalue weighted by Crippen LogP contribution is -2.40. The van der Waals surface area contributed by atoms with Gasteiger partial charge in [-0.05, 0) is 38.2 Å². The van der Waals surface area contributed by atoms with E-state index in [1.807, 2.05) is 12.3 Å². The Bertz CT molecular complexity index is 718. The van der Waals surface area contributed by atoms with Crippen LogP contribution in [0.5, 0.6) is 0 Å². The number of primary amides is 1. The van der Waals surface area contributed by atoms with E-state index in [1.165, 1.54) is 32.1 Å². The summed E-state index contributed by atoms with van der Waals surface area (Å²) in [5.74, 6) is 1.53. The first-order chi connectivity index (χ1) is 15.2. The topological polar surface area (TPSA) is 105 Å². The fraction of sp³-hybridized carbons (Fsp3) is 0.696. The van der Waals surface area contributed by atoms with Crippen molar-refractivity contribution in [2.45, 2.75) is 64.0 Å². The number of pyridine rings is 1. The number of guanidine groups is 1. The molecule has 0 atom stereocenters. The number of rotatable bonds is 9. The molecule has 1 aromatic heterocycles. The minimum absolute atomic E-state index is 0. The van der Waals surface area contributed by atoms with E-state index in [2.05, 4.69) is 31.6 Å². The second kappa shape index (κ2) is 14.5.